The Morgan fingerprint density at radius 2 is 1.41 bits per heavy atom. The van der Waals surface area contributed by atoms with Crippen LogP contribution in [-0.2, 0) is 0 Å². The lowest BCUT2D eigenvalue weighted by atomic mass is 10.2. The van der Waals surface area contributed by atoms with E-state index in [0.717, 1.165) is 21.2 Å². The van der Waals surface area contributed by atoms with Crippen LogP contribution < -0.4 is 11.5 Å². The quantitative estimate of drug-likeness (QED) is 0.817. The molecule has 0 aliphatic rings. The van der Waals surface area contributed by atoms with E-state index >= 15 is 0 Å². The maximum Gasteiger partial charge on any atom is 0.0555 e. The lowest BCUT2D eigenvalue weighted by molar-refractivity contribution is 1.26. The summed E-state index contributed by atoms with van der Waals surface area (Å²) in [6, 6.07) is 15.0. The molecule has 0 aliphatic carbocycles. The maximum atomic E-state index is 5.70. The van der Waals surface area contributed by atoms with Crippen molar-refractivity contribution in [3.63, 3.8) is 0 Å². The van der Waals surface area contributed by atoms with E-state index in [9.17, 15) is 0 Å². The Kier molecular flexibility index (Phi) is 9.06. The summed E-state index contributed by atoms with van der Waals surface area (Å²) in [4.78, 5) is 0. The first-order valence-electron chi connectivity index (χ1n) is 6.72. The van der Waals surface area contributed by atoms with Crippen LogP contribution in [0.25, 0.3) is 6.08 Å². The molecule has 0 atom stereocenters. The minimum atomic E-state index is 0.391. The summed E-state index contributed by atoms with van der Waals surface area (Å²) in [7, 11) is 0. The predicted molar refractivity (Wildman–Crippen MR) is 96.9 cm³/mol. The van der Waals surface area contributed by atoms with Crippen LogP contribution in [0.5, 0.6) is 0 Å². The van der Waals surface area contributed by atoms with Crippen LogP contribution in [0.4, 0.5) is 0 Å². The molecule has 2 nitrogen and oxygen atoms in total. The van der Waals surface area contributed by atoms with Crippen LogP contribution >= 0.6 is 23.2 Å². The third-order valence-electron chi connectivity index (χ3n) is 2.50. The second-order valence-electron chi connectivity index (χ2n) is 4.20. The normalized spacial score (nSPS) is 9.64. The van der Waals surface area contributed by atoms with Gasteiger partial charge in [-0.05, 0) is 42.0 Å². The highest BCUT2D eigenvalue weighted by Crippen LogP contribution is 2.10. The van der Waals surface area contributed by atoms with Crippen LogP contribution in [0.1, 0.15) is 11.1 Å². The highest BCUT2D eigenvalue weighted by atomic mass is 35.5. The zero-order chi connectivity index (χ0) is 16.2. The molecule has 0 radical (unpaired) electrons. The zero-order valence-corrected chi connectivity index (χ0v) is 13.6. The molecular formula is C18H18Cl2N2. The van der Waals surface area contributed by atoms with Gasteiger partial charge in [0.05, 0.1) is 6.54 Å². The molecule has 0 unspecified atom stereocenters. The molecule has 2 aromatic rings. The molecule has 114 valence electrons. The van der Waals surface area contributed by atoms with E-state index in [2.05, 4.69) is 11.8 Å². The third-order valence-corrected chi connectivity index (χ3v) is 3.00. The third kappa shape index (κ3) is 7.87. The van der Waals surface area contributed by atoms with Crippen LogP contribution in [0.2, 0.25) is 10.0 Å². The fourth-order valence-corrected chi connectivity index (χ4v) is 1.72. The van der Waals surface area contributed by atoms with Crippen LogP contribution in [0, 0.1) is 11.8 Å². The number of hydrogen-bond donors (Lipinski definition) is 2. The molecular weight excluding hydrogens is 315 g/mol. The molecule has 0 saturated carbocycles. The number of hydrogen-bond acceptors (Lipinski definition) is 2. The molecule has 22 heavy (non-hydrogen) atoms. The second kappa shape index (κ2) is 10.9. The lowest BCUT2D eigenvalue weighted by Gasteiger charge is -1.91. The van der Waals surface area contributed by atoms with Crippen molar-refractivity contribution in [3.8, 4) is 11.8 Å². The van der Waals surface area contributed by atoms with Crippen molar-refractivity contribution in [1.82, 2.24) is 0 Å². The van der Waals surface area contributed by atoms with E-state index in [4.69, 9.17) is 34.7 Å². The molecule has 0 aromatic heterocycles. The van der Waals surface area contributed by atoms with E-state index in [1.807, 2.05) is 60.7 Å². The van der Waals surface area contributed by atoms with Gasteiger partial charge in [0.1, 0.15) is 0 Å². The van der Waals surface area contributed by atoms with Crippen molar-refractivity contribution in [2.75, 3.05) is 13.1 Å². The van der Waals surface area contributed by atoms with E-state index in [1.165, 1.54) is 0 Å². The zero-order valence-electron chi connectivity index (χ0n) is 12.1. The fourth-order valence-electron chi connectivity index (χ4n) is 1.46. The van der Waals surface area contributed by atoms with Crippen LogP contribution in [0.15, 0.2) is 54.6 Å². The lowest BCUT2D eigenvalue weighted by Crippen LogP contribution is -1.92. The van der Waals surface area contributed by atoms with Gasteiger partial charge >= 0.3 is 0 Å². The molecule has 0 bridgehead atoms. The molecule has 2 rings (SSSR count). The topological polar surface area (TPSA) is 52.0 Å². The number of halogens is 2. The van der Waals surface area contributed by atoms with Crippen molar-refractivity contribution in [1.29, 1.82) is 0 Å². The van der Waals surface area contributed by atoms with Gasteiger partial charge in [0, 0.05) is 22.2 Å². The second-order valence-corrected chi connectivity index (χ2v) is 5.08. The standard InChI is InChI=1S/C9H10ClN.C9H8ClN/c2*10-9-5-3-8(4-6-9)2-1-7-11/h1-6H,7,11H2;3-6H,7,11H2/b2-1-;. The van der Waals surface area contributed by atoms with Gasteiger partial charge in [-0.2, -0.15) is 0 Å². The Balaban J connectivity index is 0.000000220. The molecule has 0 aliphatic heterocycles. The Bertz CT molecular complexity index is 636. The van der Waals surface area contributed by atoms with E-state index < -0.39 is 0 Å². The average Bonchev–Trinajstić information content (AvgIpc) is 2.54. The van der Waals surface area contributed by atoms with Crippen molar-refractivity contribution in [2.45, 2.75) is 0 Å². The van der Waals surface area contributed by atoms with Gasteiger partial charge in [0.15, 0.2) is 0 Å². The smallest absolute Gasteiger partial charge is 0.0555 e. The predicted octanol–water partition coefficient (Wildman–Crippen LogP) is 3.96. The number of nitrogens with two attached hydrogens (primary N) is 2. The Morgan fingerprint density at radius 1 is 0.864 bits per heavy atom. The van der Waals surface area contributed by atoms with E-state index in [-0.39, 0.29) is 0 Å². The molecule has 0 spiro atoms. The van der Waals surface area contributed by atoms with Crippen molar-refractivity contribution < 1.29 is 0 Å². The fraction of sp³-hybridized carbons (Fsp3) is 0.111. The van der Waals surface area contributed by atoms with Gasteiger partial charge in [-0.15, -0.1) is 0 Å². The van der Waals surface area contributed by atoms with Gasteiger partial charge in [0.25, 0.3) is 0 Å². The first kappa shape index (κ1) is 18.3. The van der Waals surface area contributed by atoms with Crippen molar-refractivity contribution in [2.24, 2.45) is 11.5 Å². The summed E-state index contributed by atoms with van der Waals surface area (Å²) in [5.41, 5.74) is 12.6. The minimum Gasteiger partial charge on any atom is -0.327 e. The summed E-state index contributed by atoms with van der Waals surface area (Å²) in [5, 5.41) is 1.48. The van der Waals surface area contributed by atoms with E-state index in [0.29, 0.717) is 13.1 Å². The van der Waals surface area contributed by atoms with Gasteiger partial charge < -0.3 is 11.5 Å². The SMILES string of the molecule is NC/C=C\c1ccc(Cl)cc1.NCC#Cc1ccc(Cl)cc1. The Hall–Kier alpha value is -1.76. The summed E-state index contributed by atoms with van der Waals surface area (Å²) in [5.74, 6) is 5.66. The van der Waals surface area contributed by atoms with Gasteiger partial charge in [0.2, 0.25) is 0 Å². The first-order valence-corrected chi connectivity index (χ1v) is 7.48. The number of rotatable bonds is 2. The first-order chi connectivity index (χ1) is 10.7. The molecule has 2 aromatic carbocycles. The monoisotopic (exact) mass is 332 g/mol. The van der Waals surface area contributed by atoms with Crippen molar-refractivity contribution >= 4 is 29.3 Å². The van der Waals surface area contributed by atoms with E-state index in [1.54, 1.807) is 0 Å². The van der Waals surface area contributed by atoms with Crippen LogP contribution in [-0.4, -0.2) is 13.1 Å². The van der Waals surface area contributed by atoms with Gasteiger partial charge in [-0.1, -0.05) is 59.3 Å². The molecule has 0 saturated heterocycles. The molecule has 4 N–H and O–H groups in total. The minimum absolute atomic E-state index is 0.391. The summed E-state index contributed by atoms with van der Waals surface area (Å²) >= 11 is 11.4. The number of benzene rings is 2. The largest absolute Gasteiger partial charge is 0.327 e. The molecule has 4 heteroatoms. The Morgan fingerprint density at radius 3 is 1.91 bits per heavy atom. The molecule has 0 fully saturated rings. The summed E-state index contributed by atoms with van der Waals surface area (Å²) in [6.45, 7) is 0.964. The molecule has 0 heterocycles. The van der Waals surface area contributed by atoms with Gasteiger partial charge in [-0.3, -0.25) is 0 Å². The van der Waals surface area contributed by atoms with Crippen LogP contribution in [0.3, 0.4) is 0 Å². The maximum absolute atomic E-state index is 5.70. The highest BCUT2D eigenvalue weighted by molar-refractivity contribution is 6.30. The Labute approximate surface area is 141 Å². The van der Waals surface area contributed by atoms with Crippen molar-refractivity contribution in [3.05, 3.63) is 75.8 Å². The average molecular weight is 333 g/mol. The highest BCUT2D eigenvalue weighted by Gasteiger charge is 1.86. The van der Waals surface area contributed by atoms with Gasteiger partial charge in [-0.25, -0.2) is 0 Å². The summed E-state index contributed by atoms with van der Waals surface area (Å²) in [6.07, 6.45) is 3.87. The summed E-state index contributed by atoms with van der Waals surface area (Å²) < 4.78 is 0. The molecule has 0 amide bonds.